The molecular formula is C55H94O24. The zero-order valence-corrected chi connectivity index (χ0v) is 47.3. The van der Waals surface area contributed by atoms with E-state index in [1.165, 1.54) is 6.92 Å². The van der Waals surface area contributed by atoms with Gasteiger partial charge in [0.25, 0.3) is 0 Å². The molecule has 24 heteroatoms. The second kappa shape index (κ2) is 22.9. The highest BCUT2D eigenvalue weighted by molar-refractivity contribution is 5.24. The normalized spacial score (nSPS) is 52.8. The van der Waals surface area contributed by atoms with Gasteiger partial charge in [0.15, 0.2) is 24.7 Å². The molecule has 79 heavy (non-hydrogen) atoms. The molecule has 24 nitrogen and oxygen atoms in total. The lowest BCUT2D eigenvalue weighted by molar-refractivity contribution is -0.378. The van der Waals surface area contributed by atoms with Crippen molar-refractivity contribution in [2.75, 3.05) is 26.4 Å². The van der Waals surface area contributed by atoms with Gasteiger partial charge < -0.3 is 109 Å². The minimum atomic E-state index is -1.84. The molecule has 0 aromatic rings. The highest BCUT2D eigenvalue weighted by atomic mass is 17.1. The molecule has 0 aromatic carbocycles. The van der Waals surface area contributed by atoms with E-state index in [2.05, 4.69) is 41.5 Å². The summed E-state index contributed by atoms with van der Waals surface area (Å²) in [5.41, 5.74) is -5.17. The summed E-state index contributed by atoms with van der Waals surface area (Å²) in [5.74, 6) is -2.27. The Morgan fingerprint density at radius 3 is 1.73 bits per heavy atom. The van der Waals surface area contributed by atoms with Crippen molar-refractivity contribution in [2.24, 2.45) is 44.8 Å². The maximum atomic E-state index is 13.0. The van der Waals surface area contributed by atoms with E-state index in [1.54, 1.807) is 26.0 Å². The lowest BCUT2D eigenvalue weighted by Crippen LogP contribution is -2.69. The first-order valence-corrected chi connectivity index (χ1v) is 28.3. The Morgan fingerprint density at radius 1 is 0.570 bits per heavy atom. The van der Waals surface area contributed by atoms with Gasteiger partial charge in [0, 0.05) is 5.41 Å². The van der Waals surface area contributed by atoms with Crippen LogP contribution in [0.1, 0.15) is 121 Å². The first kappa shape index (κ1) is 63.8. The summed E-state index contributed by atoms with van der Waals surface area (Å²) >= 11 is 0. The number of hydrogen-bond donors (Lipinski definition) is 15. The molecule has 0 radical (unpaired) electrons. The monoisotopic (exact) mass is 1140 g/mol. The predicted molar refractivity (Wildman–Crippen MR) is 272 cm³/mol. The van der Waals surface area contributed by atoms with Crippen LogP contribution in [0.4, 0.5) is 0 Å². The average molecular weight is 1140 g/mol. The molecule has 29 atom stereocenters. The van der Waals surface area contributed by atoms with E-state index in [0.29, 0.717) is 32.1 Å². The molecule has 15 N–H and O–H groups in total. The molecule has 0 aromatic heterocycles. The molecule has 8 aliphatic rings. The molecule has 0 amide bonds. The lowest BCUT2D eigenvalue weighted by atomic mass is 9.34. The number of ether oxygens (including phenoxy) is 8. The van der Waals surface area contributed by atoms with Crippen LogP contribution in [0, 0.1) is 44.8 Å². The number of hydrogen-bond acceptors (Lipinski definition) is 24. The summed E-state index contributed by atoms with van der Waals surface area (Å²) in [6, 6.07) is 0. The highest BCUT2D eigenvalue weighted by Gasteiger charge is 2.75. The van der Waals surface area contributed by atoms with Crippen molar-refractivity contribution in [1.29, 1.82) is 0 Å². The Labute approximate surface area is 462 Å². The summed E-state index contributed by atoms with van der Waals surface area (Å²) in [5, 5.41) is 162. The number of rotatable bonds is 17. The van der Waals surface area contributed by atoms with Crippen molar-refractivity contribution in [3.8, 4) is 0 Å². The third-order valence-corrected chi connectivity index (χ3v) is 21.8. The molecule has 0 spiro atoms. The van der Waals surface area contributed by atoms with Crippen molar-refractivity contribution >= 4 is 0 Å². The van der Waals surface area contributed by atoms with Gasteiger partial charge in [-0.25, -0.2) is 4.89 Å². The highest BCUT2D eigenvalue weighted by Crippen LogP contribution is 2.78. The Balaban J connectivity index is 1.05. The molecule has 4 saturated heterocycles. The SMILES string of the molecule is CC(C)(/C=C/C[C@](C)(O[C@@H]1O[C@H](CO[C@@]2(C)O[C@@H](CO)[C@H](O)[C@H]2O)[C@@H](O)[C@H](O)[C@H]1O)[C@@]1(C)CC[C@]2(C)[C@@H]1[C@H](O)C[C@@H]1[C@@]3(C)CC[C@H](O[C@@H]4O[C@H](CO)[C@@H](O)[C@H](O)[C@H]4O[C@@H]4O[C@H](CO)[C@@H](O)[C@H](O)[C@H]4O)C(C)(C)[C@@H]3CC[C@]12C)OO. The van der Waals surface area contributed by atoms with Crippen LogP contribution in [-0.4, -0.2) is 243 Å². The van der Waals surface area contributed by atoms with Gasteiger partial charge in [-0.3, -0.25) is 5.26 Å². The third-order valence-electron chi connectivity index (χ3n) is 21.8. The van der Waals surface area contributed by atoms with Crippen LogP contribution in [0.2, 0.25) is 0 Å². The maximum Gasteiger partial charge on any atom is 0.194 e. The van der Waals surface area contributed by atoms with Gasteiger partial charge >= 0.3 is 0 Å². The van der Waals surface area contributed by atoms with Crippen molar-refractivity contribution in [3.63, 3.8) is 0 Å². The number of aliphatic hydroxyl groups excluding tert-OH is 14. The van der Waals surface area contributed by atoms with Gasteiger partial charge in [0.2, 0.25) is 0 Å². The van der Waals surface area contributed by atoms with E-state index < -0.39 is 188 Å². The van der Waals surface area contributed by atoms with E-state index in [-0.39, 0.29) is 29.1 Å². The first-order chi connectivity index (χ1) is 36.7. The van der Waals surface area contributed by atoms with E-state index in [4.69, 9.17) is 42.8 Å². The molecule has 8 rings (SSSR count). The Morgan fingerprint density at radius 2 is 1.14 bits per heavy atom. The largest absolute Gasteiger partial charge is 0.394 e. The second-order valence-corrected chi connectivity index (χ2v) is 26.9. The Bertz CT molecular complexity index is 2100. The maximum absolute atomic E-state index is 13.0. The van der Waals surface area contributed by atoms with Crippen molar-refractivity contribution in [1.82, 2.24) is 0 Å². The van der Waals surface area contributed by atoms with Crippen molar-refractivity contribution in [2.45, 2.75) is 260 Å². The average Bonchev–Trinajstić information content (AvgIpc) is 3.83. The number of aliphatic hydroxyl groups is 14. The van der Waals surface area contributed by atoms with Crippen molar-refractivity contribution in [3.05, 3.63) is 12.2 Å². The van der Waals surface area contributed by atoms with Crippen LogP contribution in [0.25, 0.3) is 0 Å². The van der Waals surface area contributed by atoms with Gasteiger partial charge in [-0.1, -0.05) is 53.7 Å². The fraction of sp³-hybridized carbons (Fsp3) is 0.964. The topological polar surface area (TPSA) is 387 Å². The zero-order valence-electron chi connectivity index (χ0n) is 47.3. The molecule has 458 valence electrons. The molecule has 4 saturated carbocycles. The summed E-state index contributed by atoms with van der Waals surface area (Å²) in [6.45, 7) is 17.2. The fourth-order valence-electron chi connectivity index (χ4n) is 16.7. The van der Waals surface area contributed by atoms with Crippen LogP contribution in [-0.2, 0) is 42.8 Å². The quantitative estimate of drug-likeness (QED) is 0.0348. The van der Waals surface area contributed by atoms with Crippen LogP contribution in [0.15, 0.2) is 12.2 Å². The smallest absolute Gasteiger partial charge is 0.194 e. The second-order valence-electron chi connectivity index (χ2n) is 26.9. The van der Waals surface area contributed by atoms with E-state index >= 15 is 0 Å². The standard InChI is InChI=1S/C55H94O24/c1-48(2,79-70)14-11-15-54(9,78-46-41(68)38(65)35(62)29(74-46)24-71-55(10)44(69)36(63)28(23-58)77-55)53(8)19-18-52(7)43(53)25(59)20-31-50(5)16-13-32(49(3,4)30(50)12-17-51(31,52)6)75-47-42(39(66)34(61)27(22-57)73-47)76-45-40(67)37(64)33(60)26(21-56)72-45/h11,14,25-47,56-70H,12-13,15-24H2,1-10H3/b14-11+/t25-,26-,27-,28+,29-,30+,31-,32+,33-,34-,35-,36+,37+,38+,39+,40-,41-,42-,43+,44-,45+,46+,47+,50+,51-,52-,53+,54+,55+/m1/s1. The fourth-order valence-corrected chi connectivity index (χ4v) is 16.7. The van der Waals surface area contributed by atoms with Crippen LogP contribution in [0.5, 0.6) is 0 Å². The summed E-state index contributed by atoms with van der Waals surface area (Å²) in [6.07, 6.45) is -22.0. The molecule has 0 unspecified atom stereocenters. The Hall–Kier alpha value is -1.22. The van der Waals surface area contributed by atoms with Crippen LogP contribution >= 0.6 is 0 Å². The Kier molecular flexibility index (Phi) is 18.5. The van der Waals surface area contributed by atoms with Gasteiger partial charge in [-0.2, -0.15) is 0 Å². The zero-order chi connectivity index (χ0) is 58.5. The van der Waals surface area contributed by atoms with Gasteiger partial charge in [-0.05, 0) is 118 Å². The van der Waals surface area contributed by atoms with Crippen LogP contribution in [0.3, 0.4) is 0 Å². The summed E-state index contributed by atoms with van der Waals surface area (Å²) in [4.78, 5) is 4.74. The predicted octanol–water partition coefficient (Wildman–Crippen LogP) is -1.32. The van der Waals surface area contributed by atoms with E-state index in [1.807, 2.05) is 6.92 Å². The molecular weight excluding hydrogens is 1040 g/mol. The minimum absolute atomic E-state index is 0.00116. The molecule has 0 bridgehead atoms. The van der Waals surface area contributed by atoms with E-state index in [0.717, 1.165) is 12.8 Å². The van der Waals surface area contributed by atoms with Crippen LogP contribution < -0.4 is 0 Å². The molecule has 4 heterocycles. The van der Waals surface area contributed by atoms with Crippen molar-refractivity contribution < 1.29 is 120 Å². The van der Waals surface area contributed by atoms with Gasteiger partial charge in [-0.15, -0.1) is 0 Å². The molecule has 8 fully saturated rings. The van der Waals surface area contributed by atoms with E-state index in [9.17, 15) is 76.7 Å². The summed E-state index contributed by atoms with van der Waals surface area (Å²) < 4.78 is 49.4. The number of fused-ring (bicyclic) bond motifs is 5. The summed E-state index contributed by atoms with van der Waals surface area (Å²) in [7, 11) is 0. The third kappa shape index (κ3) is 10.7. The molecule has 4 aliphatic carbocycles. The van der Waals surface area contributed by atoms with Gasteiger partial charge in [0.05, 0.1) is 44.2 Å². The molecule has 4 aliphatic heterocycles. The minimum Gasteiger partial charge on any atom is -0.394 e. The first-order valence-electron chi connectivity index (χ1n) is 28.3. The van der Waals surface area contributed by atoms with Gasteiger partial charge in [0.1, 0.15) is 97.2 Å². The lowest BCUT2D eigenvalue weighted by Gasteiger charge is -2.71.